The molecule has 0 bridgehead atoms. The molecule has 1 aromatic rings. The van der Waals surface area contributed by atoms with Crippen molar-refractivity contribution in [2.75, 3.05) is 6.61 Å². The fourth-order valence-electron chi connectivity index (χ4n) is 3.10. The van der Waals surface area contributed by atoms with E-state index < -0.39 is 0 Å². The van der Waals surface area contributed by atoms with Crippen molar-refractivity contribution in [2.24, 2.45) is 11.7 Å². The molecule has 3 unspecified atom stereocenters. The first-order valence-electron chi connectivity index (χ1n) is 8.17. The summed E-state index contributed by atoms with van der Waals surface area (Å²) in [6.07, 6.45) is 3.99. The lowest BCUT2D eigenvalue weighted by Gasteiger charge is -2.37. The quantitative estimate of drug-likeness (QED) is 0.865. The Bertz CT molecular complexity index is 519. The van der Waals surface area contributed by atoms with Gasteiger partial charge in [-0.1, -0.05) is 25.0 Å². The van der Waals surface area contributed by atoms with E-state index in [1.807, 2.05) is 45.0 Å². The molecule has 130 valence electrons. The summed E-state index contributed by atoms with van der Waals surface area (Å²) < 4.78 is 5.74. The molecule has 1 aromatic carbocycles. The van der Waals surface area contributed by atoms with Crippen molar-refractivity contribution in [1.29, 1.82) is 0 Å². The number of hydrogen-bond donors (Lipinski definition) is 2. The molecule has 0 aromatic heterocycles. The largest absolute Gasteiger partial charge is 0.491 e. The number of ether oxygens (including phenoxy) is 1. The summed E-state index contributed by atoms with van der Waals surface area (Å²) in [5, 5.41) is 3.05. The Morgan fingerprint density at radius 1 is 1.48 bits per heavy atom. The Kier molecular flexibility index (Phi) is 7.36. The lowest BCUT2D eigenvalue weighted by atomic mass is 9.74. The standard InChI is InChI=1S/C18H28N2O2.ClH/c1-13-7-6-8-15(11-13)22-12-14(2)20-17(21)16-9-4-5-10-18(16,3)19;/h6-8,11,14,16H,4-5,9-10,12,19H2,1-3H3,(H,20,21);1H. The summed E-state index contributed by atoms with van der Waals surface area (Å²) in [6.45, 7) is 6.45. The number of carbonyl (C=O) groups is 1. The number of nitrogens with two attached hydrogens (primary N) is 1. The van der Waals surface area contributed by atoms with Crippen LogP contribution in [0.4, 0.5) is 0 Å². The summed E-state index contributed by atoms with van der Waals surface area (Å²) in [7, 11) is 0. The number of benzene rings is 1. The van der Waals surface area contributed by atoms with Crippen molar-refractivity contribution < 1.29 is 9.53 Å². The zero-order chi connectivity index (χ0) is 16.2. The highest BCUT2D eigenvalue weighted by Crippen LogP contribution is 2.31. The zero-order valence-electron chi connectivity index (χ0n) is 14.3. The number of rotatable bonds is 5. The SMILES string of the molecule is Cc1cccc(OCC(C)NC(=O)C2CCCCC2(C)N)c1.Cl. The molecule has 2 rings (SSSR count). The molecule has 1 saturated carbocycles. The van der Waals surface area contributed by atoms with Gasteiger partial charge in [0.25, 0.3) is 0 Å². The highest BCUT2D eigenvalue weighted by atomic mass is 35.5. The second-order valence-corrected chi connectivity index (χ2v) is 6.84. The lowest BCUT2D eigenvalue weighted by molar-refractivity contribution is -0.128. The van der Waals surface area contributed by atoms with Crippen LogP contribution in [0.1, 0.15) is 45.1 Å². The first-order chi connectivity index (χ1) is 10.4. The Hall–Kier alpha value is -1.26. The van der Waals surface area contributed by atoms with Crippen LogP contribution in [-0.2, 0) is 4.79 Å². The molecule has 23 heavy (non-hydrogen) atoms. The highest BCUT2D eigenvalue weighted by molar-refractivity contribution is 5.85. The van der Waals surface area contributed by atoms with Crippen LogP contribution in [0.5, 0.6) is 5.75 Å². The fourth-order valence-corrected chi connectivity index (χ4v) is 3.10. The molecular weight excluding hydrogens is 312 g/mol. The number of hydrogen-bond acceptors (Lipinski definition) is 3. The minimum Gasteiger partial charge on any atom is -0.491 e. The minimum atomic E-state index is -0.389. The predicted octanol–water partition coefficient (Wildman–Crippen LogP) is 3.21. The highest BCUT2D eigenvalue weighted by Gasteiger charge is 2.38. The maximum Gasteiger partial charge on any atom is 0.225 e. The molecule has 3 N–H and O–H groups in total. The van der Waals surface area contributed by atoms with Crippen LogP contribution in [-0.4, -0.2) is 24.1 Å². The van der Waals surface area contributed by atoms with Crippen molar-refractivity contribution in [3.8, 4) is 5.75 Å². The van der Waals surface area contributed by atoms with Crippen LogP contribution in [0, 0.1) is 12.8 Å². The lowest BCUT2D eigenvalue weighted by Crippen LogP contribution is -2.54. The molecule has 4 nitrogen and oxygen atoms in total. The van der Waals surface area contributed by atoms with Crippen LogP contribution in [0.2, 0.25) is 0 Å². The van der Waals surface area contributed by atoms with E-state index in [0.717, 1.165) is 37.0 Å². The first-order valence-corrected chi connectivity index (χ1v) is 8.17. The van der Waals surface area contributed by atoms with Gasteiger partial charge in [0.15, 0.2) is 0 Å². The van der Waals surface area contributed by atoms with Gasteiger partial charge >= 0.3 is 0 Å². The average Bonchev–Trinajstić information content (AvgIpc) is 2.44. The van der Waals surface area contributed by atoms with E-state index in [0.29, 0.717) is 6.61 Å². The molecule has 1 aliphatic carbocycles. The molecular formula is C18H29ClN2O2. The van der Waals surface area contributed by atoms with E-state index in [1.54, 1.807) is 0 Å². The molecule has 0 spiro atoms. The molecule has 0 radical (unpaired) electrons. The van der Waals surface area contributed by atoms with E-state index >= 15 is 0 Å². The Morgan fingerprint density at radius 2 is 2.22 bits per heavy atom. The van der Waals surface area contributed by atoms with Gasteiger partial charge < -0.3 is 15.8 Å². The molecule has 1 aliphatic rings. The molecule has 5 heteroatoms. The molecule has 3 atom stereocenters. The van der Waals surface area contributed by atoms with Gasteiger partial charge in [-0.25, -0.2) is 0 Å². The summed E-state index contributed by atoms with van der Waals surface area (Å²) in [5.74, 6) is 0.801. The van der Waals surface area contributed by atoms with Crippen molar-refractivity contribution in [2.45, 2.75) is 58.0 Å². The normalized spacial score (nSPS) is 25.1. The van der Waals surface area contributed by atoms with Gasteiger partial charge in [-0.05, 0) is 51.3 Å². The number of carbonyl (C=O) groups excluding carboxylic acids is 1. The molecule has 0 saturated heterocycles. The average molecular weight is 341 g/mol. The van der Waals surface area contributed by atoms with Crippen LogP contribution >= 0.6 is 12.4 Å². The second-order valence-electron chi connectivity index (χ2n) is 6.84. The number of aryl methyl sites for hydroxylation is 1. The van der Waals surface area contributed by atoms with Crippen molar-refractivity contribution in [1.82, 2.24) is 5.32 Å². The Balaban J connectivity index is 0.00000264. The predicted molar refractivity (Wildman–Crippen MR) is 96.1 cm³/mol. The van der Waals surface area contributed by atoms with E-state index in [1.165, 1.54) is 0 Å². The Morgan fingerprint density at radius 3 is 2.87 bits per heavy atom. The van der Waals surface area contributed by atoms with Crippen LogP contribution in [0.3, 0.4) is 0 Å². The van der Waals surface area contributed by atoms with Crippen molar-refractivity contribution in [3.05, 3.63) is 29.8 Å². The van der Waals surface area contributed by atoms with Crippen LogP contribution < -0.4 is 15.8 Å². The fraction of sp³-hybridized carbons (Fsp3) is 0.611. The number of nitrogens with one attached hydrogen (secondary N) is 1. The van der Waals surface area contributed by atoms with Crippen LogP contribution in [0.15, 0.2) is 24.3 Å². The molecule has 1 fully saturated rings. The number of amides is 1. The number of halogens is 1. The third-order valence-corrected chi connectivity index (χ3v) is 4.45. The third kappa shape index (κ3) is 5.70. The summed E-state index contributed by atoms with van der Waals surface area (Å²) in [4.78, 5) is 12.4. The third-order valence-electron chi connectivity index (χ3n) is 4.45. The maximum absolute atomic E-state index is 12.4. The maximum atomic E-state index is 12.4. The summed E-state index contributed by atoms with van der Waals surface area (Å²) in [5.41, 5.74) is 7.06. The first kappa shape index (κ1) is 19.8. The van der Waals surface area contributed by atoms with Gasteiger partial charge in [-0.15, -0.1) is 12.4 Å². The molecule has 1 amide bonds. The van der Waals surface area contributed by atoms with Gasteiger partial charge in [0.05, 0.1) is 12.0 Å². The summed E-state index contributed by atoms with van der Waals surface area (Å²) >= 11 is 0. The summed E-state index contributed by atoms with van der Waals surface area (Å²) in [6, 6.07) is 7.89. The van der Waals surface area contributed by atoms with E-state index in [2.05, 4.69) is 5.32 Å². The van der Waals surface area contributed by atoms with Gasteiger partial charge in [0.1, 0.15) is 12.4 Å². The van der Waals surface area contributed by atoms with Gasteiger partial charge in [-0.2, -0.15) is 0 Å². The van der Waals surface area contributed by atoms with Gasteiger partial charge in [0.2, 0.25) is 5.91 Å². The van der Waals surface area contributed by atoms with Gasteiger partial charge in [0, 0.05) is 5.54 Å². The van der Waals surface area contributed by atoms with E-state index in [9.17, 15) is 4.79 Å². The zero-order valence-corrected chi connectivity index (χ0v) is 15.1. The van der Waals surface area contributed by atoms with Crippen LogP contribution in [0.25, 0.3) is 0 Å². The topological polar surface area (TPSA) is 64.3 Å². The van der Waals surface area contributed by atoms with E-state index in [-0.39, 0.29) is 35.8 Å². The van der Waals surface area contributed by atoms with Gasteiger partial charge in [-0.3, -0.25) is 4.79 Å². The molecule has 0 aliphatic heterocycles. The molecule has 0 heterocycles. The minimum absolute atomic E-state index is 0. The second kappa shape index (κ2) is 8.55. The van der Waals surface area contributed by atoms with Crippen molar-refractivity contribution >= 4 is 18.3 Å². The monoisotopic (exact) mass is 340 g/mol. The Labute approximate surface area is 145 Å². The van der Waals surface area contributed by atoms with Crippen molar-refractivity contribution in [3.63, 3.8) is 0 Å². The van der Waals surface area contributed by atoms with E-state index in [4.69, 9.17) is 10.5 Å². The smallest absolute Gasteiger partial charge is 0.225 e.